The monoisotopic (exact) mass is 370 g/mol. The number of rotatable bonds is 4. The predicted octanol–water partition coefficient (Wildman–Crippen LogP) is 4.25. The minimum atomic E-state index is -0.0504. The minimum absolute atomic E-state index is 0.0504. The number of amides is 1. The second-order valence-corrected chi connectivity index (χ2v) is 7.50. The molecule has 5 rings (SSSR count). The number of para-hydroxylation sites is 2. The van der Waals surface area contributed by atoms with Crippen LogP contribution in [-0.4, -0.2) is 48.0 Å². The van der Waals surface area contributed by atoms with Gasteiger partial charge in [0.1, 0.15) is 0 Å². The summed E-state index contributed by atoms with van der Waals surface area (Å²) in [7, 11) is 4.00. The summed E-state index contributed by atoms with van der Waals surface area (Å²) in [6.07, 6.45) is 0. The lowest BCUT2D eigenvalue weighted by atomic mass is 10.0. The standard InChI is InChI=1S/C23H22N4O/c1-27(2)12-11-24-23(28)17-13-16-14-7-3-5-9-18(14)25-21(16)20-15-8-4-6-10-19(15)26-22(17)20/h3-10,13,25-26H,11-12H2,1-2H3,(H,24,28). The van der Waals surface area contributed by atoms with Gasteiger partial charge in [0, 0.05) is 45.7 Å². The molecule has 0 aliphatic carbocycles. The van der Waals surface area contributed by atoms with Crippen molar-refractivity contribution in [1.82, 2.24) is 20.2 Å². The van der Waals surface area contributed by atoms with Crippen LogP contribution in [-0.2, 0) is 0 Å². The number of hydrogen-bond acceptors (Lipinski definition) is 2. The third kappa shape index (κ3) is 2.55. The SMILES string of the molecule is CN(C)CCNC(=O)c1cc2c3ccccc3[nH]c2c2c1[nH]c1ccccc12. The summed E-state index contributed by atoms with van der Waals surface area (Å²) in [5, 5.41) is 7.46. The Morgan fingerprint density at radius 1 is 0.893 bits per heavy atom. The van der Waals surface area contributed by atoms with E-state index < -0.39 is 0 Å². The molecule has 2 heterocycles. The van der Waals surface area contributed by atoms with Gasteiger partial charge < -0.3 is 20.2 Å². The minimum Gasteiger partial charge on any atom is -0.354 e. The number of carbonyl (C=O) groups is 1. The van der Waals surface area contributed by atoms with E-state index in [-0.39, 0.29) is 5.91 Å². The van der Waals surface area contributed by atoms with Crippen molar-refractivity contribution in [2.45, 2.75) is 0 Å². The number of carbonyl (C=O) groups excluding carboxylic acids is 1. The van der Waals surface area contributed by atoms with Crippen LogP contribution in [0.25, 0.3) is 43.6 Å². The molecule has 1 amide bonds. The van der Waals surface area contributed by atoms with Crippen molar-refractivity contribution in [3.8, 4) is 0 Å². The Hall–Kier alpha value is -3.31. The van der Waals surface area contributed by atoms with Gasteiger partial charge in [0.05, 0.1) is 16.6 Å². The maximum atomic E-state index is 13.1. The number of benzene rings is 3. The molecular formula is C23H22N4O. The van der Waals surface area contributed by atoms with Crippen molar-refractivity contribution in [2.75, 3.05) is 27.2 Å². The van der Waals surface area contributed by atoms with Gasteiger partial charge in [0.15, 0.2) is 0 Å². The predicted molar refractivity (Wildman–Crippen MR) is 116 cm³/mol. The lowest BCUT2D eigenvalue weighted by Crippen LogP contribution is -2.31. The molecule has 5 aromatic rings. The van der Waals surface area contributed by atoms with E-state index in [2.05, 4.69) is 44.5 Å². The number of likely N-dealkylation sites (N-methyl/N-ethyl adjacent to an activating group) is 1. The summed E-state index contributed by atoms with van der Waals surface area (Å²) in [6.45, 7) is 1.41. The number of H-pyrrole nitrogens is 2. The van der Waals surface area contributed by atoms with E-state index in [1.165, 1.54) is 0 Å². The second-order valence-electron chi connectivity index (χ2n) is 7.50. The fourth-order valence-corrected chi connectivity index (χ4v) is 4.00. The van der Waals surface area contributed by atoms with Gasteiger partial charge in [-0.15, -0.1) is 0 Å². The molecule has 0 aliphatic rings. The molecule has 0 saturated heterocycles. The van der Waals surface area contributed by atoms with E-state index in [0.29, 0.717) is 12.1 Å². The first-order valence-electron chi connectivity index (χ1n) is 9.50. The lowest BCUT2D eigenvalue weighted by molar-refractivity contribution is 0.0952. The Balaban J connectivity index is 1.80. The van der Waals surface area contributed by atoms with Crippen LogP contribution in [0.15, 0.2) is 54.6 Å². The molecule has 5 nitrogen and oxygen atoms in total. The van der Waals surface area contributed by atoms with Gasteiger partial charge in [-0.2, -0.15) is 0 Å². The van der Waals surface area contributed by atoms with Crippen molar-refractivity contribution >= 4 is 49.5 Å². The Kier molecular flexibility index (Phi) is 3.84. The number of fused-ring (bicyclic) bond motifs is 7. The molecule has 5 heteroatoms. The summed E-state index contributed by atoms with van der Waals surface area (Å²) >= 11 is 0. The van der Waals surface area contributed by atoms with E-state index in [4.69, 9.17) is 0 Å². The summed E-state index contributed by atoms with van der Waals surface area (Å²) in [4.78, 5) is 22.2. The Morgan fingerprint density at radius 3 is 2.29 bits per heavy atom. The van der Waals surface area contributed by atoms with Gasteiger partial charge in [-0.1, -0.05) is 36.4 Å². The molecule has 0 bridgehead atoms. The molecule has 0 unspecified atom stereocenters. The quantitative estimate of drug-likeness (QED) is 0.443. The number of aromatic amines is 2. The fraction of sp³-hybridized carbons (Fsp3) is 0.174. The summed E-state index contributed by atoms with van der Waals surface area (Å²) in [5.41, 5.74) is 4.74. The first-order chi connectivity index (χ1) is 13.6. The van der Waals surface area contributed by atoms with Crippen LogP contribution in [0.2, 0.25) is 0 Å². The molecule has 140 valence electrons. The van der Waals surface area contributed by atoms with Crippen molar-refractivity contribution in [3.63, 3.8) is 0 Å². The molecular weight excluding hydrogens is 348 g/mol. The van der Waals surface area contributed by atoms with Crippen molar-refractivity contribution in [1.29, 1.82) is 0 Å². The largest absolute Gasteiger partial charge is 0.354 e. The van der Waals surface area contributed by atoms with Gasteiger partial charge in [0.25, 0.3) is 5.91 Å². The highest BCUT2D eigenvalue weighted by atomic mass is 16.1. The Morgan fingerprint density at radius 2 is 1.54 bits per heavy atom. The Bertz CT molecular complexity index is 1340. The first kappa shape index (κ1) is 16.8. The Labute approximate surface area is 162 Å². The summed E-state index contributed by atoms with van der Waals surface area (Å²) < 4.78 is 0. The topological polar surface area (TPSA) is 63.9 Å². The van der Waals surface area contributed by atoms with Gasteiger partial charge in [-0.05, 0) is 32.3 Å². The van der Waals surface area contributed by atoms with Crippen LogP contribution in [0.1, 0.15) is 10.4 Å². The molecule has 0 saturated carbocycles. The molecule has 0 aliphatic heterocycles. The second kappa shape index (κ2) is 6.39. The molecule has 0 spiro atoms. The molecule has 2 aromatic heterocycles. The third-order valence-corrected chi connectivity index (χ3v) is 5.35. The van der Waals surface area contributed by atoms with E-state index in [9.17, 15) is 4.79 Å². The zero-order valence-corrected chi connectivity index (χ0v) is 16.0. The van der Waals surface area contributed by atoms with Gasteiger partial charge >= 0.3 is 0 Å². The molecule has 0 fully saturated rings. The molecule has 28 heavy (non-hydrogen) atoms. The average molecular weight is 370 g/mol. The molecule has 3 N–H and O–H groups in total. The molecule has 0 radical (unpaired) electrons. The zero-order chi connectivity index (χ0) is 19.3. The molecule has 3 aromatic carbocycles. The normalized spacial score (nSPS) is 12.0. The van der Waals surface area contributed by atoms with E-state index in [1.807, 2.05) is 44.4 Å². The van der Waals surface area contributed by atoms with Gasteiger partial charge in [0.2, 0.25) is 0 Å². The van der Waals surface area contributed by atoms with E-state index >= 15 is 0 Å². The van der Waals surface area contributed by atoms with Crippen LogP contribution < -0.4 is 5.32 Å². The highest BCUT2D eigenvalue weighted by Crippen LogP contribution is 2.37. The third-order valence-electron chi connectivity index (χ3n) is 5.35. The summed E-state index contributed by atoms with van der Waals surface area (Å²) in [5.74, 6) is -0.0504. The maximum Gasteiger partial charge on any atom is 0.253 e. The van der Waals surface area contributed by atoms with E-state index in [0.717, 1.165) is 50.2 Å². The van der Waals surface area contributed by atoms with Crippen LogP contribution in [0.3, 0.4) is 0 Å². The maximum absolute atomic E-state index is 13.1. The van der Waals surface area contributed by atoms with Crippen LogP contribution in [0.5, 0.6) is 0 Å². The first-order valence-corrected chi connectivity index (χ1v) is 9.50. The smallest absolute Gasteiger partial charge is 0.253 e. The van der Waals surface area contributed by atoms with Crippen molar-refractivity contribution < 1.29 is 4.79 Å². The highest BCUT2D eigenvalue weighted by molar-refractivity contribution is 6.28. The average Bonchev–Trinajstić information content (AvgIpc) is 3.25. The van der Waals surface area contributed by atoms with Crippen LogP contribution in [0.4, 0.5) is 0 Å². The highest BCUT2D eigenvalue weighted by Gasteiger charge is 2.19. The number of hydrogen-bond donors (Lipinski definition) is 3. The zero-order valence-electron chi connectivity index (χ0n) is 16.0. The lowest BCUT2D eigenvalue weighted by Gasteiger charge is -2.11. The fourth-order valence-electron chi connectivity index (χ4n) is 4.00. The van der Waals surface area contributed by atoms with Gasteiger partial charge in [-0.25, -0.2) is 0 Å². The van der Waals surface area contributed by atoms with Crippen LogP contribution >= 0.6 is 0 Å². The number of aromatic nitrogens is 2. The number of nitrogens with one attached hydrogen (secondary N) is 3. The molecule has 0 atom stereocenters. The van der Waals surface area contributed by atoms with E-state index in [1.54, 1.807) is 0 Å². The van der Waals surface area contributed by atoms with Crippen molar-refractivity contribution in [2.24, 2.45) is 0 Å². The van der Waals surface area contributed by atoms with Gasteiger partial charge in [-0.3, -0.25) is 4.79 Å². The van der Waals surface area contributed by atoms with Crippen molar-refractivity contribution in [3.05, 3.63) is 60.2 Å². The van der Waals surface area contributed by atoms with Crippen LogP contribution in [0, 0.1) is 0 Å². The summed E-state index contributed by atoms with van der Waals surface area (Å²) in [6, 6.07) is 18.5. The number of nitrogens with zero attached hydrogens (tertiary/aromatic N) is 1.